The number of halogens is 2. The van der Waals surface area contributed by atoms with Gasteiger partial charge in [-0.15, -0.1) is 0 Å². The zero-order chi connectivity index (χ0) is 10.7. The van der Waals surface area contributed by atoms with Gasteiger partial charge >= 0.3 is 5.97 Å². The van der Waals surface area contributed by atoms with E-state index in [4.69, 9.17) is 16.3 Å². The molecule has 0 radical (unpaired) electrons. The molecule has 1 aromatic rings. The first-order chi connectivity index (χ1) is 6.60. The van der Waals surface area contributed by atoms with Crippen LogP contribution in [0, 0.1) is 0 Å². The van der Waals surface area contributed by atoms with Crippen LogP contribution >= 0.6 is 27.5 Å². The molecule has 76 valence electrons. The van der Waals surface area contributed by atoms with Crippen LogP contribution in [0.1, 0.15) is 10.4 Å². The number of carbonyl (C=O) groups excluding carboxylic acids is 1. The summed E-state index contributed by atoms with van der Waals surface area (Å²) in [6, 6.07) is 3.12. The first-order valence-electron chi connectivity index (χ1n) is 3.71. The SMILES string of the molecule is COC(=O)c1cc(Br)c(Cl)cc1OC. The summed E-state index contributed by atoms with van der Waals surface area (Å²) in [5.74, 6) is -0.0655. The molecule has 0 saturated heterocycles. The third-order valence-electron chi connectivity index (χ3n) is 1.65. The van der Waals surface area contributed by atoms with Crippen LogP contribution < -0.4 is 4.74 Å². The second kappa shape index (κ2) is 4.66. The highest BCUT2D eigenvalue weighted by Crippen LogP contribution is 2.31. The van der Waals surface area contributed by atoms with E-state index in [0.29, 0.717) is 20.8 Å². The van der Waals surface area contributed by atoms with E-state index < -0.39 is 5.97 Å². The van der Waals surface area contributed by atoms with E-state index in [1.54, 1.807) is 12.1 Å². The molecule has 5 heteroatoms. The van der Waals surface area contributed by atoms with Crippen molar-refractivity contribution in [3.05, 3.63) is 27.2 Å². The minimum absolute atomic E-state index is 0.339. The maximum atomic E-state index is 11.3. The monoisotopic (exact) mass is 278 g/mol. The number of hydrogen-bond donors (Lipinski definition) is 0. The van der Waals surface area contributed by atoms with E-state index in [1.165, 1.54) is 14.2 Å². The number of rotatable bonds is 2. The van der Waals surface area contributed by atoms with Crippen molar-refractivity contribution in [2.45, 2.75) is 0 Å². The quantitative estimate of drug-likeness (QED) is 0.781. The van der Waals surface area contributed by atoms with E-state index >= 15 is 0 Å². The zero-order valence-corrected chi connectivity index (χ0v) is 9.98. The lowest BCUT2D eigenvalue weighted by Gasteiger charge is -2.08. The summed E-state index contributed by atoms with van der Waals surface area (Å²) < 4.78 is 10.2. The van der Waals surface area contributed by atoms with Gasteiger partial charge in [0.15, 0.2) is 0 Å². The molecule has 0 spiro atoms. The van der Waals surface area contributed by atoms with Gasteiger partial charge in [-0.25, -0.2) is 4.79 Å². The minimum atomic E-state index is -0.459. The summed E-state index contributed by atoms with van der Waals surface area (Å²) in [7, 11) is 2.77. The topological polar surface area (TPSA) is 35.5 Å². The normalized spacial score (nSPS) is 9.71. The van der Waals surface area contributed by atoms with Crippen LogP contribution in [0.2, 0.25) is 5.02 Å². The summed E-state index contributed by atoms with van der Waals surface area (Å²) in [4.78, 5) is 11.3. The Morgan fingerprint density at radius 1 is 1.43 bits per heavy atom. The second-order valence-electron chi connectivity index (χ2n) is 2.46. The van der Waals surface area contributed by atoms with Gasteiger partial charge in [0, 0.05) is 10.5 Å². The molecule has 1 rings (SSSR count). The molecular weight excluding hydrogens is 271 g/mol. The first-order valence-corrected chi connectivity index (χ1v) is 4.88. The van der Waals surface area contributed by atoms with Crippen LogP contribution in [0.5, 0.6) is 5.75 Å². The van der Waals surface area contributed by atoms with Gasteiger partial charge in [-0.05, 0) is 22.0 Å². The molecule has 14 heavy (non-hydrogen) atoms. The Morgan fingerprint density at radius 2 is 2.07 bits per heavy atom. The van der Waals surface area contributed by atoms with Gasteiger partial charge in [-0.3, -0.25) is 0 Å². The molecule has 0 N–H and O–H groups in total. The van der Waals surface area contributed by atoms with E-state index in [1.807, 2.05) is 0 Å². The number of benzene rings is 1. The van der Waals surface area contributed by atoms with E-state index in [0.717, 1.165) is 0 Å². The van der Waals surface area contributed by atoms with Crippen molar-refractivity contribution >= 4 is 33.5 Å². The van der Waals surface area contributed by atoms with Gasteiger partial charge in [0.25, 0.3) is 0 Å². The Morgan fingerprint density at radius 3 is 2.57 bits per heavy atom. The summed E-state index contributed by atoms with van der Waals surface area (Å²) in [6.45, 7) is 0. The summed E-state index contributed by atoms with van der Waals surface area (Å²) in [5.41, 5.74) is 0.339. The highest BCUT2D eigenvalue weighted by Gasteiger charge is 2.14. The molecular formula is C9H8BrClO3. The van der Waals surface area contributed by atoms with Crippen LogP contribution in [-0.2, 0) is 4.74 Å². The van der Waals surface area contributed by atoms with Crippen molar-refractivity contribution in [3.8, 4) is 5.75 Å². The van der Waals surface area contributed by atoms with E-state index in [9.17, 15) is 4.79 Å². The van der Waals surface area contributed by atoms with Crippen LogP contribution in [0.15, 0.2) is 16.6 Å². The molecule has 0 heterocycles. The fourth-order valence-corrected chi connectivity index (χ4v) is 1.46. The lowest BCUT2D eigenvalue weighted by Crippen LogP contribution is -2.04. The third-order valence-corrected chi connectivity index (χ3v) is 2.84. The third kappa shape index (κ3) is 2.19. The van der Waals surface area contributed by atoms with Crippen LogP contribution in [0.25, 0.3) is 0 Å². The van der Waals surface area contributed by atoms with Gasteiger partial charge in [0.05, 0.1) is 19.2 Å². The van der Waals surface area contributed by atoms with Crippen LogP contribution in [0.3, 0.4) is 0 Å². The van der Waals surface area contributed by atoms with Gasteiger partial charge in [0.1, 0.15) is 11.3 Å². The smallest absolute Gasteiger partial charge is 0.341 e. The van der Waals surface area contributed by atoms with Gasteiger partial charge in [-0.1, -0.05) is 11.6 Å². The minimum Gasteiger partial charge on any atom is -0.496 e. The largest absolute Gasteiger partial charge is 0.496 e. The van der Waals surface area contributed by atoms with Crippen LogP contribution in [-0.4, -0.2) is 20.2 Å². The number of hydrogen-bond acceptors (Lipinski definition) is 3. The predicted octanol–water partition coefficient (Wildman–Crippen LogP) is 2.90. The molecule has 0 unspecified atom stereocenters. The fraction of sp³-hybridized carbons (Fsp3) is 0.222. The highest BCUT2D eigenvalue weighted by molar-refractivity contribution is 9.10. The highest BCUT2D eigenvalue weighted by atomic mass is 79.9. The second-order valence-corrected chi connectivity index (χ2v) is 3.72. The Bertz CT molecular complexity index is 365. The molecule has 0 amide bonds. The Kier molecular flexibility index (Phi) is 3.77. The lowest BCUT2D eigenvalue weighted by molar-refractivity contribution is 0.0597. The Balaban J connectivity index is 3.27. The van der Waals surface area contributed by atoms with Crippen molar-refractivity contribution in [1.82, 2.24) is 0 Å². The molecule has 0 fully saturated rings. The summed E-state index contributed by atoms with van der Waals surface area (Å²) in [5, 5.41) is 0.481. The van der Waals surface area contributed by atoms with Crippen molar-refractivity contribution in [3.63, 3.8) is 0 Å². The molecule has 0 atom stereocenters. The number of ether oxygens (including phenoxy) is 2. The van der Waals surface area contributed by atoms with E-state index in [2.05, 4.69) is 20.7 Å². The molecule has 0 aromatic heterocycles. The molecule has 3 nitrogen and oxygen atoms in total. The maximum Gasteiger partial charge on any atom is 0.341 e. The number of esters is 1. The van der Waals surface area contributed by atoms with Crippen molar-refractivity contribution in [2.75, 3.05) is 14.2 Å². The number of carbonyl (C=O) groups is 1. The van der Waals surface area contributed by atoms with Gasteiger partial charge in [-0.2, -0.15) is 0 Å². The Hall–Kier alpha value is -0.740. The van der Waals surface area contributed by atoms with Crippen molar-refractivity contribution < 1.29 is 14.3 Å². The summed E-state index contributed by atoms with van der Waals surface area (Å²) >= 11 is 9.05. The van der Waals surface area contributed by atoms with E-state index in [-0.39, 0.29) is 0 Å². The molecule has 0 saturated carbocycles. The average molecular weight is 280 g/mol. The molecule has 1 aromatic carbocycles. The lowest BCUT2D eigenvalue weighted by atomic mass is 10.2. The number of methoxy groups -OCH3 is 2. The van der Waals surface area contributed by atoms with Gasteiger partial charge < -0.3 is 9.47 Å². The van der Waals surface area contributed by atoms with Crippen molar-refractivity contribution in [1.29, 1.82) is 0 Å². The van der Waals surface area contributed by atoms with Crippen LogP contribution in [0.4, 0.5) is 0 Å². The molecule has 0 bridgehead atoms. The standard InChI is InChI=1S/C9H8BrClO3/c1-13-8-4-7(11)6(10)3-5(8)9(12)14-2/h3-4H,1-2H3. The molecule has 0 aliphatic carbocycles. The first kappa shape index (κ1) is 11.3. The fourth-order valence-electron chi connectivity index (χ4n) is 0.967. The Labute approximate surface area is 95.1 Å². The predicted molar refractivity (Wildman–Crippen MR) is 57.0 cm³/mol. The average Bonchev–Trinajstić information content (AvgIpc) is 2.20. The molecule has 0 aliphatic rings. The molecule has 0 aliphatic heterocycles. The zero-order valence-electron chi connectivity index (χ0n) is 7.64. The van der Waals surface area contributed by atoms with Gasteiger partial charge in [0.2, 0.25) is 0 Å². The maximum absolute atomic E-state index is 11.3. The summed E-state index contributed by atoms with van der Waals surface area (Å²) in [6.07, 6.45) is 0. The van der Waals surface area contributed by atoms with Crippen molar-refractivity contribution in [2.24, 2.45) is 0 Å².